The summed E-state index contributed by atoms with van der Waals surface area (Å²) in [6, 6.07) is 0. The van der Waals surface area contributed by atoms with Gasteiger partial charge in [0.25, 0.3) is 0 Å². The minimum atomic E-state index is -0.866. The van der Waals surface area contributed by atoms with Gasteiger partial charge in [-0.3, -0.25) is 4.79 Å². The van der Waals surface area contributed by atoms with E-state index in [1.807, 2.05) is 0 Å². The molecule has 1 saturated heterocycles. The second-order valence-corrected chi connectivity index (χ2v) is 4.83. The summed E-state index contributed by atoms with van der Waals surface area (Å²) in [6.07, 6.45) is 4.79. The van der Waals surface area contributed by atoms with Crippen molar-refractivity contribution in [3.8, 4) is 0 Å². The first-order valence-corrected chi connectivity index (χ1v) is 6.14. The van der Waals surface area contributed by atoms with Crippen LogP contribution in [-0.4, -0.2) is 35.4 Å². The fraction of sp³-hybridized carbons (Fsp3) is 0.833. The van der Waals surface area contributed by atoms with E-state index in [-0.39, 0.29) is 18.6 Å². The summed E-state index contributed by atoms with van der Waals surface area (Å²) in [5.74, 6) is -1.48. The van der Waals surface area contributed by atoms with E-state index in [0.29, 0.717) is 12.8 Å². The van der Waals surface area contributed by atoms with Crippen LogP contribution in [0, 0.1) is 0 Å². The van der Waals surface area contributed by atoms with Crippen LogP contribution in [0.25, 0.3) is 0 Å². The molecule has 0 unspecified atom stereocenters. The van der Waals surface area contributed by atoms with Gasteiger partial charge in [-0.25, -0.2) is 0 Å². The molecule has 2 atom stereocenters. The maximum Gasteiger partial charge on any atom is 0.305 e. The number of ether oxygens (including phenoxy) is 2. The van der Waals surface area contributed by atoms with Crippen LogP contribution in [0.15, 0.2) is 0 Å². The van der Waals surface area contributed by atoms with E-state index in [1.165, 1.54) is 0 Å². The van der Waals surface area contributed by atoms with Crippen LogP contribution in [0.3, 0.4) is 0 Å². The predicted octanol–water partition coefficient (Wildman–Crippen LogP) is 1.49. The molecule has 0 radical (unpaired) electrons. The van der Waals surface area contributed by atoms with Gasteiger partial charge in [0, 0.05) is 25.7 Å². The Morgan fingerprint density at radius 3 is 2.53 bits per heavy atom. The van der Waals surface area contributed by atoms with Gasteiger partial charge in [-0.15, -0.1) is 0 Å². The fourth-order valence-electron chi connectivity index (χ4n) is 2.75. The molecular formula is C12H18O5. The lowest BCUT2D eigenvalue weighted by molar-refractivity contribution is -0.313. The third kappa shape index (κ3) is 3.04. The molecule has 5 heteroatoms. The molecule has 1 heterocycles. The number of carboxylic acid groups (broad SMARTS) is 1. The average Bonchev–Trinajstić information content (AvgIpc) is 2.64. The minimum Gasteiger partial charge on any atom is -0.481 e. The van der Waals surface area contributed by atoms with Crippen molar-refractivity contribution in [2.24, 2.45) is 0 Å². The smallest absolute Gasteiger partial charge is 0.305 e. The van der Waals surface area contributed by atoms with Crippen LogP contribution in [0.5, 0.6) is 0 Å². The minimum absolute atomic E-state index is 0.0134. The van der Waals surface area contributed by atoms with Gasteiger partial charge in [-0.1, -0.05) is 0 Å². The summed E-state index contributed by atoms with van der Waals surface area (Å²) in [5.41, 5.74) is 0. The number of aliphatic carboxylic acids is 1. The summed E-state index contributed by atoms with van der Waals surface area (Å²) >= 11 is 0. The first kappa shape index (κ1) is 12.5. The van der Waals surface area contributed by atoms with Gasteiger partial charge in [0.1, 0.15) is 6.29 Å². The van der Waals surface area contributed by atoms with Gasteiger partial charge in [-0.05, 0) is 12.8 Å². The van der Waals surface area contributed by atoms with Gasteiger partial charge >= 0.3 is 5.97 Å². The number of hydrogen-bond acceptors (Lipinski definition) is 4. The van der Waals surface area contributed by atoms with Crippen molar-refractivity contribution in [3.63, 3.8) is 0 Å². The van der Waals surface area contributed by atoms with Crippen LogP contribution in [0.1, 0.15) is 44.9 Å². The lowest BCUT2D eigenvalue weighted by Crippen LogP contribution is -2.47. The van der Waals surface area contributed by atoms with Crippen molar-refractivity contribution >= 4 is 12.3 Å². The zero-order valence-corrected chi connectivity index (χ0v) is 9.76. The van der Waals surface area contributed by atoms with Gasteiger partial charge < -0.3 is 19.4 Å². The number of carboxylic acids is 1. The van der Waals surface area contributed by atoms with E-state index in [1.54, 1.807) is 0 Å². The molecule has 1 aliphatic carbocycles. The normalized spacial score (nSPS) is 31.5. The average molecular weight is 242 g/mol. The lowest BCUT2D eigenvalue weighted by Gasteiger charge is -2.42. The zero-order valence-electron chi connectivity index (χ0n) is 9.76. The Labute approximate surface area is 100 Å². The SMILES string of the molecule is O=CC[C@H]1C[C@@H](CC(=O)O)OC2(CCCC2)O1. The molecule has 0 amide bonds. The summed E-state index contributed by atoms with van der Waals surface area (Å²) in [5, 5.41) is 8.82. The Kier molecular flexibility index (Phi) is 3.79. The van der Waals surface area contributed by atoms with E-state index in [2.05, 4.69) is 0 Å². The summed E-state index contributed by atoms with van der Waals surface area (Å²) in [6.45, 7) is 0. The lowest BCUT2D eigenvalue weighted by atomic mass is 10.0. The Balaban J connectivity index is 2.03. The molecule has 96 valence electrons. The van der Waals surface area contributed by atoms with Crippen LogP contribution < -0.4 is 0 Å². The molecular weight excluding hydrogens is 224 g/mol. The van der Waals surface area contributed by atoms with Gasteiger partial charge in [-0.2, -0.15) is 0 Å². The first-order valence-electron chi connectivity index (χ1n) is 6.14. The van der Waals surface area contributed by atoms with Crippen molar-refractivity contribution in [1.82, 2.24) is 0 Å². The van der Waals surface area contributed by atoms with E-state index < -0.39 is 11.8 Å². The number of hydrogen-bond donors (Lipinski definition) is 1. The van der Waals surface area contributed by atoms with Gasteiger partial charge in [0.05, 0.1) is 18.6 Å². The third-order valence-corrected chi connectivity index (χ3v) is 3.42. The number of carbonyl (C=O) groups is 2. The molecule has 1 N–H and O–H groups in total. The Hall–Kier alpha value is -0.940. The second-order valence-electron chi connectivity index (χ2n) is 4.83. The van der Waals surface area contributed by atoms with Crippen molar-refractivity contribution < 1.29 is 24.2 Å². The van der Waals surface area contributed by atoms with Crippen LogP contribution >= 0.6 is 0 Å². The molecule has 2 aliphatic rings. The van der Waals surface area contributed by atoms with Crippen LogP contribution in [-0.2, 0) is 19.1 Å². The standard InChI is InChI=1S/C12H18O5/c13-6-3-9-7-10(8-11(14)15)17-12(16-9)4-1-2-5-12/h6,9-10H,1-5,7-8H2,(H,14,15)/t9-,10-/m0/s1. The van der Waals surface area contributed by atoms with Crippen LogP contribution in [0.2, 0.25) is 0 Å². The highest BCUT2D eigenvalue weighted by Gasteiger charge is 2.44. The maximum absolute atomic E-state index is 10.7. The quantitative estimate of drug-likeness (QED) is 0.756. The maximum atomic E-state index is 10.7. The molecule has 0 aromatic rings. The van der Waals surface area contributed by atoms with E-state index in [0.717, 1.165) is 32.0 Å². The Bertz CT molecular complexity index is 295. The van der Waals surface area contributed by atoms with Crippen LogP contribution in [0.4, 0.5) is 0 Å². The van der Waals surface area contributed by atoms with E-state index in [4.69, 9.17) is 14.6 Å². The van der Waals surface area contributed by atoms with E-state index in [9.17, 15) is 9.59 Å². The predicted molar refractivity (Wildman–Crippen MR) is 58.5 cm³/mol. The van der Waals surface area contributed by atoms with E-state index >= 15 is 0 Å². The summed E-state index contributed by atoms with van der Waals surface area (Å²) < 4.78 is 11.6. The van der Waals surface area contributed by atoms with Crippen molar-refractivity contribution in [1.29, 1.82) is 0 Å². The Morgan fingerprint density at radius 1 is 1.29 bits per heavy atom. The molecule has 0 bridgehead atoms. The molecule has 1 saturated carbocycles. The third-order valence-electron chi connectivity index (χ3n) is 3.42. The molecule has 0 aromatic heterocycles. The number of carbonyl (C=O) groups excluding carboxylic acids is 1. The highest BCUT2D eigenvalue weighted by Crippen LogP contribution is 2.41. The topological polar surface area (TPSA) is 72.8 Å². The zero-order chi connectivity index (χ0) is 12.3. The molecule has 1 spiro atoms. The number of rotatable bonds is 4. The van der Waals surface area contributed by atoms with Crippen molar-refractivity contribution in [3.05, 3.63) is 0 Å². The Morgan fingerprint density at radius 2 is 1.94 bits per heavy atom. The molecule has 2 rings (SSSR count). The molecule has 1 aliphatic heterocycles. The summed E-state index contributed by atoms with van der Waals surface area (Å²) in [4.78, 5) is 21.3. The fourth-order valence-corrected chi connectivity index (χ4v) is 2.75. The van der Waals surface area contributed by atoms with Gasteiger partial charge in [0.15, 0.2) is 5.79 Å². The molecule has 17 heavy (non-hydrogen) atoms. The second kappa shape index (κ2) is 5.14. The summed E-state index contributed by atoms with van der Waals surface area (Å²) in [7, 11) is 0. The molecule has 2 fully saturated rings. The van der Waals surface area contributed by atoms with Gasteiger partial charge in [0.2, 0.25) is 0 Å². The monoisotopic (exact) mass is 242 g/mol. The highest BCUT2D eigenvalue weighted by molar-refractivity contribution is 5.67. The van der Waals surface area contributed by atoms with Crippen molar-refractivity contribution in [2.45, 2.75) is 62.9 Å². The molecule has 5 nitrogen and oxygen atoms in total. The largest absolute Gasteiger partial charge is 0.481 e. The number of aldehydes is 1. The first-order chi connectivity index (χ1) is 8.13. The van der Waals surface area contributed by atoms with Crippen molar-refractivity contribution in [2.75, 3.05) is 0 Å². The molecule has 0 aromatic carbocycles. The highest BCUT2D eigenvalue weighted by atomic mass is 16.7.